The molecule has 2 aliphatic rings. The number of imidazole rings is 1. The van der Waals surface area contributed by atoms with E-state index in [4.69, 9.17) is 4.74 Å². The first-order chi connectivity index (χ1) is 9.33. The van der Waals surface area contributed by atoms with Crippen LogP contribution < -0.4 is 4.74 Å². The molecule has 2 unspecified atom stereocenters. The zero-order chi connectivity index (χ0) is 12.8. The number of nitrogens with zero attached hydrogens (tertiary/aromatic N) is 2. The summed E-state index contributed by atoms with van der Waals surface area (Å²) < 4.78 is 8.24. The molecule has 0 spiro atoms. The number of para-hydroxylation sites is 1. The van der Waals surface area contributed by atoms with Gasteiger partial charge in [0.1, 0.15) is 11.9 Å². The van der Waals surface area contributed by atoms with Gasteiger partial charge in [0.15, 0.2) is 0 Å². The second-order valence-corrected chi connectivity index (χ2v) is 5.35. The van der Waals surface area contributed by atoms with Crippen LogP contribution in [0.3, 0.4) is 0 Å². The minimum absolute atomic E-state index is 0.104. The van der Waals surface area contributed by atoms with Gasteiger partial charge < -0.3 is 14.4 Å². The summed E-state index contributed by atoms with van der Waals surface area (Å²) >= 11 is 0. The maximum Gasteiger partial charge on any atom is 0.143 e. The van der Waals surface area contributed by atoms with Gasteiger partial charge in [-0.25, -0.2) is 4.98 Å². The fourth-order valence-corrected chi connectivity index (χ4v) is 2.80. The Hall–Kier alpha value is -1.81. The first kappa shape index (κ1) is 11.1. The number of rotatable bonds is 2. The second kappa shape index (κ2) is 4.10. The number of hydrogen-bond donors (Lipinski definition) is 1. The highest BCUT2D eigenvalue weighted by molar-refractivity contribution is 5.37. The van der Waals surface area contributed by atoms with Gasteiger partial charge in [0.2, 0.25) is 0 Å². The van der Waals surface area contributed by atoms with Gasteiger partial charge in [0.25, 0.3) is 0 Å². The summed E-state index contributed by atoms with van der Waals surface area (Å²) in [6.07, 6.45) is 6.21. The normalized spacial score (nSPS) is 25.7. The van der Waals surface area contributed by atoms with E-state index in [1.165, 1.54) is 12.8 Å². The molecule has 2 aromatic rings. The smallest absolute Gasteiger partial charge is 0.143 e. The van der Waals surface area contributed by atoms with Crippen LogP contribution >= 0.6 is 0 Å². The van der Waals surface area contributed by atoms with Crippen LogP contribution in [0.25, 0.3) is 0 Å². The molecule has 0 bridgehead atoms. The van der Waals surface area contributed by atoms with Crippen LogP contribution in [0.1, 0.15) is 48.8 Å². The molecular weight excluding hydrogens is 240 g/mol. The molecule has 4 nitrogen and oxygen atoms in total. The number of ether oxygens (including phenoxy) is 1. The fourth-order valence-electron chi connectivity index (χ4n) is 2.80. The Morgan fingerprint density at radius 1 is 1.26 bits per heavy atom. The first-order valence-corrected chi connectivity index (χ1v) is 6.78. The van der Waals surface area contributed by atoms with E-state index in [0.717, 1.165) is 17.0 Å². The number of aromatic nitrogens is 2. The number of aliphatic hydroxyl groups is 1. The van der Waals surface area contributed by atoms with Gasteiger partial charge in [-0.2, -0.15) is 0 Å². The van der Waals surface area contributed by atoms with Gasteiger partial charge in [-0.15, -0.1) is 0 Å². The quantitative estimate of drug-likeness (QED) is 0.898. The Morgan fingerprint density at radius 3 is 2.95 bits per heavy atom. The summed E-state index contributed by atoms with van der Waals surface area (Å²) in [5.74, 6) is 0.787. The molecule has 1 N–H and O–H groups in total. The zero-order valence-corrected chi connectivity index (χ0v) is 10.6. The Balaban J connectivity index is 1.69. The Labute approximate surface area is 111 Å². The summed E-state index contributed by atoms with van der Waals surface area (Å²) in [5.41, 5.74) is 1.97. The largest absolute Gasteiger partial charge is 0.484 e. The van der Waals surface area contributed by atoms with E-state index in [9.17, 15) is 5.11 Å². The third-order valence-electron chi connectivity index (χ3n) is 3.95. The van der Waals surface area contributed by atoms with Crippen LogP contribution in [0, 0.1) is 0 Å². The summed E-state index contributed by atoms with van der Waals surface area (Å²) in [5, 5.41) is 10.3. The molecule has 19 heavy (non-hydrogen) atoms. The van der Waals surface area contributed by atoms with Crippen molar-refractivity contribution in [3.05, 3.63) is 48.0 Å². The number of fused-ring (bicyclic) bond motifs is 1. The lowest BCUT2D eigenvalue weighted by Crippen LogP contribution is -2.21. The van der Waals surface area contributed by atoms with Crippen molar-refractivity contribution < 1.29 is 9.84 Å². The molecule has 1 aromatic carbocycles. The zero-order valence-electron chi connectivity index (χ0n) is 10.6. The lowest BCUT2D eigenvalue weighted by atomic mass is 9.98. The van der Waals surface area contributed by atoms with Crippen molar-refractivity contribution >= 4 is 0 Å². The molecule has 4 rings (SSSR count). The maximum atomic E-state index is 10.3. The topological polar surface area (TPSA) is 47.3 Å². The van der Waals surface area contributed by atoms with Crippen LogP contribution in [-0.4, -0.2) is 14.7 Å². The van der Waals surface area contributed by atoms with Gasteiger partial charge >= 0.3 is 0 Å². The van der Waals surface area contributed by atoms with Crippen LogP contribution in [-0.2, 0) is 0 Å². The molecular formula is C15H16N2O2. The molecule has 1 fully saturated rings. The molecule has 1 aliphatic heterocycles. The minimum Gasteiger partial charge on any atom is -0.484 e. The van der Waals surface area contributed by atoms with Gasteiger partial charge in [0.05, 0.1) is 24.3 Å². The highest BCUT2D eigenvalue weighted by atomic mass is 16.5. The van der Waals surface area contributed by atoms with Crippen LogP contribution in [0.15, 0.2) is 36.8 Å². The van der Waals surface area contributed by atoms with Crippen molar-refractivity contribution in [3.63, 3.8) is 0 Å². The monoisotopic (exact) mass is 256 g/mol. The average Bonchev–Trinajstić information content (AvgIpc) is 3.16. The van der Waals surface area contributed by atoms with E-state index < -0.39 is 6.10 Å². The van der Waals surface area contributed by atoms with Gasteiger partial charge in [-0.1, -0.05) is 18.2 Å². The molecule has 0 radical (unpaired) electrons. The number of hydrogen-bond acceptors (Lipinski definition) is 3. The predicted octanol–water partition coefficient (Wildman–Crippen LogP) is 2.78. The molecule has 0 saturated heterocycles. The van der Waals surface area contributed by atoms with E-state index in [0.29, 0.717) is 12.5 Å². The van der Waals surface area contributed by atoms with Crippen LogP contribution in [0.4, 0.5) is 0 Å². The molecule has 2 heterocycles. The van der Waals surface area contributed by atoms with E-state index in [2.05, 4.69) is 9.55 Å². The standard InChI is InChI=1S/C15H16N2O2/c18-13-7-15(19-14-4-2-1-3-11(13)14)12-8-16-9-17(12)10-5-6-10/h1-4,8-10,13,15,18H,5-7H2. The molecule has 2 atom stereocenters. The Morgan fingerprint density at radius 2 is 2.11 bits per heavy atom. The van der Waals surface area contributed by atoms with Crippen molar-refractivity contribution in [2.45, 2.75) is 37.5 Å². The molecule has 98 valence electrons. The molecule has 4 heteroatoms. The summed E-state index contributed by atoms with van der Waals surface area (Å²) in [7, 11) is 0. The fraction of sp³-hybridized carbons (Fsp3) is 0.400. The highest BCUT2D eigenvalue weighted by Gasteiger charge is 2.33. The Kier molecular flexibility index (Phi) is 2.38. The lowest BCUT2D eigenvalue weighted by Gasteiger charge is -2.30. The third kappa shape index (κ3) is 1.83. The van der Waals surface area contributed by atoms with E-state index in [1.54, 1.807) is 0 Å². The third-order valence-corrected chi connectivity index (χ3v) is 3.95. The van der Waals surface area contributed by atoms with E-state index in [-0.39, 0.29) is 6.10 Å². The first-order valence-electron chi connectivity index (χ1n) is 6.78. The lowest BCUT2D eigenvalue weighted by molar-refractivity contribution is 0.0618. The molecule has 1 aromatic heterocycles. The number of aliphatic hydroxyl groups excluding tert-OH is 1. The van der Waals surface area contributed by atoms with Crippen molar-refractivity contribution in [2.75, 3.05) is 0 Å². The van der Waals surface area contributed by atoms with Crippen LogP contribution in [0.5, 0.6) is 5.75 Å². The molecule has 0 amide bonds. The van der Waals surface area contributed by atoms with E-state index in [1.807, 2.05) is 36.8 Å². The number of benzene rings is 1. The molecule has 1 aliphatic carbocycles. The van der Waals surface area contributed by atoms with Gasteiger partial charge in [-0.3, -0.25) is 0 Å². The summed E-state index contributed by atoms with van der Waals surface area (Å²) in [6.45, 7) is 0. The van der Waals surface area contributed by atoms with Crippen molar-refractivity contribution in [3.8, 4) is 5.75 Å². The van der Waals surface area contributed by atoms with Crippen molar-refractivity contribution in [2.24, 2.45) is 0 Å². The predicted molar refractivity (Wildman–Crippen MR) is 69.9 cm³/mol. The minimum atomic E-state index is -0.461. The Bertz CT molecular complexity index is 604. The van der Waals surface area contributed by atoms with Crippen molar-refractivity contribution in [1.82, 2.24) is 9.55 Å². The van der Waals surface area contributed by atoms with Gasteiger partial charge in [0, 0.05) is 18.0 Å². The van der Waals surface area contributed by atoms with Gasteiger partial charge in [-0.05, 0) is 18.9 Å². The SMILES string of the molecule is OC1CC(c2cncn2C2CC2)Oc2ccccc21. The van der Waals surface area contributed by atoms with Crippen LogP contribution in [0.2, 0.25) is 0 Å². The maximum absolute atomic E-state index is 10.3. The summed E-state index contributed by atoms with van der Waals surface area (Å²) in [4.78, 5) is 4.24. The highest BCUT2D eigenvalue weighted by Crippen LogP contribution is 2.43. The van der Waals surface area contributed by atoms with Crippen molar-refractivity contribution in [1.29, 1.82) is 0 Å². The summed E-state index contributed by atoms with van der Waals surface area (Å²) in [6, 6.07) is 8.29. The molecule has 1 saturated carbocycles. The average molecular weight is 256 g/mol. The van der Waals surface area contributed by atoms with E-state index >= 15 is 0 Å². The second-order valence-electron chi connectivity index (χ2n) is 5.35.